The largest absolute Gasteiger partial charge is 0.496 e. The summed E-state index contributed by atoms with van der Waals surface area (Å²) in [6.07, 6.45) is 2.88. The van der Waals surface area contributed by atoms with E-state index in [1.54, 1.807) is 7.11 Å². The summed E-state index contributed by atoms with van der Waals surface area (Å²) in [7, 11) is 1.70. The molecule has 0 bridgehead atoms. The van der Waals surface area contributed by atoms with Crippen molar-refractivity contribution in [3.8, 4) is 5.75 Å². The minimum atomic E-state index is 0.0356. The van der Waals surface area contributed by atoms with Gasteiger partial charge in [0.15, 0.2) is 0 Å². The molecule has 1 aliphatic heterocycles. The lowest BCUT2D eigenvalue weighted by Gasteiger charge is -2.36. The van der Waals surface area contributed by atoms with Gasteiger partial charge in [-0.25, -0.2) is 0 Å². The minimum Gasteiger partial charge on any atom is -0.496 e. The van der Waals surface area contributed by atoms with E-state index in [9.17, 15) is 5.11 Å². The predicted octanol–water partition coefficient (Wildman–Crippen LogP) is 2.80. The number of fused-ring (bicyclic) bond motifs is 1. The Labute approximate surface area is 137 Å². The Morgan fingerprint density at radius 2 is 2.09 bits per heavy atom. The number of ether oxygens (including phenoxy) is 1. The number of rotatable bonds is 4. The molecule has 1 aliphatic rings. The van der Waals surface area contributed by atoms with Crippen LogP contribution in [0.2, 0.25) is 0 Å². The Hall–Kier alpha value is -1.91. The average Bonchev–Trinajstić information content (AvgIpc) is 2.57. The molecule has 2 aromatic rings. The van der Waals surface area contributed by atoms with Crippen molar-refractivity contribution in [3.05, 3.63) is 58.4 Å². The monoisotopic (exact) mass is 312 g/mol. The van der Waals surface area contributed by atoms with E-state index in [0.29, 0.717) is 0 Å². The number of methoxy groups -OCH3 is 1. The molecule has 0 saturated carbocycles. The van der Waals surface area contributed by atoms with Crippen molar-refractivity contribution in [2.75, 3.05) is 20.3 Å². The van der Waals surface area contributed by atoms with Gasteiger partial charge in [0.05, 0.1) is 25.5 Å². The Morgan fingerprint density at radius 3 is 2.83 bits per heavy atom. The fraction of sp³-hybridized carbons (Fsp3) is 0.421. The van der Waals surface area contributed by atoms with E-state index in [1.807, 2.05) is 19.2 Å². The summed E-state index contributed by atoms with van der Waals surface area (Å²) in [6, 6.07) is 8.43. The highest BCUT2D eigenvalue weighted by Crippen LogP contribution is 2.32. The number of aromatic nitrogens is 1. The lowest BCUT2D eigenvalue weighted by molar-refractivity contribution is 0.106. The SMILES string of the molecule is COc1c(C)cnc(CN2CCc3ccccc3C2CO)c1C. The molecule has 0 fully saturated rings. The fourth-order valence-corrected chi connectivity index (χ4v) is 3.53. The Kier molecular flexibility index (Phi) is 4.64. The van der Waals surface area contributed by atoms with Gasteiger partial charge in [-0.05, 0) is 31.4 Å². The molecule has 0 spiro atoms. The second kappa shape index (κ2) is 6.69. The zero-order valence-corrected chi connectivity index (χ0v) is 14.0. The first-order valence-corrected chi connectivity index (χ1v) is 8.07. The van der Waals surface area contributed by atoms with E-state index in [1.165, 1.54) is 11.1 Å². The van der Waals surface area contributed by atoms with Gasteiger partial charge in [0, 0.05) is 30.4 Å². The normalized spacial score (nSPS) is 17.8. The first kappa shape index (κ1) is 16.0. The minimum absolute atomic E-state index is 0.0356. The second-order valence-corrected chi connectivity index (χ2v) is 6.16. The number of aryl methyl sites for hydroxylation is 1. The van der Waals surface area contributed by atoms with Crippen LogP contribution < -0.4 is 4.74 Å². The number of hydrogen-bond acceptors (Lipinski definition) is 4. The molecular formula is C19H24N2O2. The van der Waals surface area contributed by atoms with E-state index in [0.717, 1.165) is 42.1 Å². The Bertz CT molecular complexity index is 700. The van der Waals surface area contributed by atoms with Crippen LogP contribution in [-0.2, 0) is 13.0 Å². The Balaban J connectivity index is 1.89. The van der Waals surface area contributed by atoms with E-state index in [2.05, 4.69) is 35.0 Å². The summed E-state index contributed by atoms with van der Waals surface area (Å²) in [6.45, 7) is 5.84. The number of nitrogens with zero attached hydrogens (tertiary/aromatic N) is 2. The second-order valence-electron chi connectivity index (χ2n) is 6.16. The van der Waals surface area contributed by atoms with Crippen molar-refractivity contribution in [2.45, 2.75) is 32.9 Å². The standard InChI is InChI=1S/C19H24N2O2/c1-13-10-20-17(14(2)19(13)23-3)11-21-9-8-15-6-4-5-7-16(15)18(21)12-22/h4-7,10,18,22H,8-9,11-12H2,1-3H3. The van der Waals surface area contributed by atoms with Gasteiger partial charge in [-0.3, -0.25) is 9.88 Å². The number of aliphatic hydroxyl groups is 1. The molecule has 0 radical (unpaired) electrons. The van der Waals surface area contributed by atoms with Crippen LogP contribution in [0.5, 0.6) is 5.75 Å². The molecule has 23 heavy (non-hydrogen) atoms. The lowest BCUT2D eigenvalue weighted by atomic mass is 9.92. The summed E-state index contributed by atoms with van der Waals surface area (Å²) in [4.78, 5) is 6.91. The van der Waals surface area contributed by atoms with E-state index in [4.69, 9.17) is 4.74 Å². The third-order valence-electron chi connectivity index (χ3n) is 4.80. The van der Waals surface area contributed by atoms with Crippen molar-refractivity contribution < 1.29 is 9.84 Å². The third-order valence-corrected chi connectivity index (χ3v) is 4.80. The van der Waals surface area contributed by atoms with Gasteiger partial charge in [-0.15, -0.1) is 0 Å². The molecule has 2 heterocycles. The van der Waals surface area contributed by atoms with Crippen LogP contribution >= 0.6 is 0 Å². The maximum atomic E-state index is 9.91. The maximum absolute atomic E-state index is 9.91. The molecule has 4 nitrogen and oxygen atoms in total. The Morgan fingerprint density at radius 1 is 1.30 bits per heavy atom. The fourth-order valence-electron chi connectivity index (χ4n) is 3.53. The molecule has 0 amide bonds. The van der Waals surface area contributed by atoms with E-state index < -0.39 is 0 Å². The van der Waals surface area contributed by atoms with Crippen LogP contribution in [0.15, 0.2) is 30.5 Å². The van der Waals surface area contributed by atoms with Crippen LogP contribution in [0.1, 0.15) is 34.0 Å². The number of hydrogen-bond donors (Lipinski definition) is 1. The van der Waals surface area contributed by atoms with E-state index in [-0.39, 0.29) is 12.6 Å². The zero-order chi connectivity index (χ0) is 16.4. The zero-order valence-electron chi connectivity index (χ0n) is 14.0. The van der Waals surface area contributed by atoms with Crippen molar-refractivity contribution >= 4 is 0 Å². The average molecular weight is 312 g/mol. The van der Waals surface area contributed by atoms with Gasteiger partial charge in [-0.2, -0.15) is 0 Å². The first-order chi connectivity index (χ1) is 11.2. The first-order valence-electron chi connectivity index (χ1n) is 8.07. The van der Waals surface area contributed by atoms with Crippen LogP contribution in [0, 0.1) is 13.8 Å². The predicted molar refractivity (Wildman–Crippen MR) is 90.6 cm³/mol. The molecule has 1 aromatic heterocycles. The highest BCUT2D eigenvalue weighted by Gasteiger charge is 2.27. The number of aliphatic hydroxyl groups excluding tert-OH is 1. The van der Waals surface area contributed by atoms with Crippen molar-refractivity contribution in [3.63, 3.8) is 0 Å². The molecule has 1 unspecified atom stereocenters. The summed E-state index contributed by atoms with van der Waals surface area (Å²) in [5, 5.41) is 9.91. The third kappa shape index (κ3) is 2.96. The van der Waals surface area contributed by atoms with Crippen LogP contribution in [0.25, 0.3) is 0 Å². The van der Waals surface area contributed by atoms with Gasteiger partial charge >= 0.3 is 0 Å². The van der Waals surface area contributed by atoms with E-state index >= 15 is 0 Å². The van der Waals surface area contributed by atoms with Gasteiger partial charge in [-0.1, -0.05) is 24.3 Å². The molecule has 4 heteroatoms. The van der Waals surface area contributed by atoms with Crippen molar-refractivity contribution in [1.82, 2.24) is 9.88 Å². The molecule has 3 rings (SSSR count). The lowest BCUT2D eigenvalue weighted by Crippen LogP contribution is -2.37. The maximum Gasteiger partial charge on any atom is 0.128 e. The van der Waals surface area contributed by atoms with Crippen LogP contribution in [0.4, 0.5) is 0 Å². The molecule has 0 aliphatic carbocycles. The van der Waals surface area contributed by atoms with Gasteiger partial charge < -0.3 is 9.84 Å². The summed E-state index contributed by atoms with van der Waals surface area (Å²) in [5.74, 6) is 0.910. The van der Waals surface area contributed by atoms with Crippen LogP contribution in [0.3, 0.4) is 0 Å². The highest BCUT2D eigenvalue weighted by molar-refractivity contribution is 5.41. The molecule has 1 N–H and O–H groups in total. The smallest absolute Gasteiger partial charge is 0.128 e. The number of pyridine rings is 1. The quantitative estimate of drug-likeness (QED) is 0.943. The van der Waals surface area contributed by atoms with Crippen molar-refractivity contribution in [1.29, 1.82) is 0 Å². The molecule has 1 aromatic carbocycles. The van der Waals surface area contributed by atoms with Gasteiger partial charge in [0.25, 0.3) is 0 Å². The highest BCUT2D eigenvalue weighted by atomic mass is 16.5. The summed E-state index contributed by atoms with van der Waals surface area (Å²) in [5.41, 5.74) is 5.73. The molecule has 1 atom stereocenters. The number of benzene rings is 1. The molecule has 122 valence electrons. The molecular weight excluding hydrogens is 288 g/mol. The van der Waals surface area contributed by atoms with Crippen LogP contribution in [-0.4, -0.2) is 35.3 Å². The summed E-state index contributed by atoms with van der Waals surface area (Å²) < 4.78 is 5.51. The van der Waals surface area contributed by atoms with Gasteiger partial charge in [0.1, 0.15) is 5.75 Å². The summed E-state index contributed by atoms with van der Waals surface area (Å²) >= 11 is 0. The van der Waals surface area contributed by atoms with Gasteiger partial charge in [0.2, 0.25) is 0 Å². The topological polar surface area (TPSA) is 45.6 Å². The van der Waals surface area contributed by atoms with Crippen molar-refractivity contribution in [2.24, 2.45) is 0 Å². The molecule has 0 saturated heterocycles.